The number of carbonyl (C=O) groups excluding carboxylic acids is 3. The van der Waals surface area contributed by atoms with E-state index in [-0.39, 0.29) is 37.5 Å². The highest BCUT2D eigenvalue weighted by Crippen LogP contribution is 2.14. The summed E-state index contributed by atoms with van der Waals surface area (Å²) in [4.78, 5) is 38.0. The van der Waals surface area contributed by atoms with E-state index in [1.807, 2.05) is 6.08 Å². The fraction of sp³-hybridized carbons (Fsp3) is 0.721. The van der Waals surface area contributed by atoms with Gasteiger partial charge in [0.05, 0.1) is 0 Å². The van der Waals surface area contributed by atoms with Crippen molar-refractivity contribution < 1.29 is 28.6 Å². The van der Waals surface area contributed by atoms with E-state index in [0.29, 0.717) is 19.3 Å². The number of hydrogen-bond acceptors (Lipinski definition) is 6. The average molecular weight is 933 g/mol. The largest absolute Gasteiger partial charge is 0.462 e. The van der Waals surface area contributed by atoms with Crippen LogP contribution >= 0.6 is 0 Å². The highest BCUT2D eigenvalue weighted by molar-refractivity contribution is 5.71. The smallest absolute Gasteiger partial charge is 0.306 e. The number of carbonyl (C=O) groups is 3. The number of esters is 3. The normalized spacial score (nSPS) is 12.7. The molecule has 1 atom stereocenters. The number of rotatable bonds is 50. The van der Waals surface area contributed by atoms with Crippen molar-refractivity contribution in [3.63, 3.8) is 0 Å². The van der Waals surface area contributed by atoms with Crippen molar-refractivity contribution in [3.05, 3.63) is 85.1 Å². The Hall–Kier alpha value is -3.41. The molecule has 0 aromatic rings. The molecule has 0 bridgehead atoms. The van der Waals surface area contributed by atoms with Crippen molar-refractivity contribution in [3.8, 4) is 0 Å². The van der Waals surface area contributed by atoms with Crippen molar-refractivity contribution in [1.29, 1.82) is 0 Å². The first-order valence-electron chi connectivity index (χ1n) is 28.1. The van der Waals surface area contributed by atoms with Gasteiger partial charge in [-0.05, 0) is 103 Å². The van der Waals surface area contributed by atoms with Gasteiger partial charge in [0, 0.05) is 19.3 Å². The lowest BCUT2D eigenvalue weighted by Gasteiger charge is -2.18. The summed E-state index contributed by atoms with van der Waals surface area (Å²) in [6.45, 7) is 6.44. The van der Waals surface area contributed by atoms with Crippen LogP contribution in [0.1, 0.15) is 265 Å². The second-order valence-corrected chi connectivity index (χ2v) is 18.5. The maximum atomic E-state index is 12.8. The molecule has 0 N–H and O–H groups in total. The molecule has 0 aliphatic rings. The average Bonchev–Trinajstić information content (AvgIpc) is 3.33. The van der Waals surface area contributed by atoms with E-state index < -0.39 is 6.10 Å². The Bertz CT molecular complexity index is 1300. The van der Waals surface area contributed by atoms with Crippen LogP contribution in [-0.2, 0) is 28.6 Å². The predicted molar refractivity (Wildman–Crippen MR) is 288 cm³/mol. The van der Waals surface area contributed by atoms with Gasteiger partial charge >= 0.3 is 17.9 Å². The number of ether oxygens (including phenoxy) is 3. The van der Waals surface area contributed by atoms with Crippen LogP contribution in [0.4, 0.5) is 0 Å². The molecule has 0 amide bonds. The second kappa shape index (κ2) is 55.2. The molecule has 0 saturated carbocycles. The Kier molecular flexibility index (Phi) is 52.4. The van der Waals surface area contributed by atoms with Gasteiger partial charge in [0.25, 0.3) is 0 Å². The summed E-state index contributed by atoms with van der Waals surface area (Å²) in [5.41, 5.74) is 0. The van der Waals surface area contributed by atoms with Crippen molar-refractivity contribution in [1.82, 2.24) is 0 Å². The molecule has 0 aromatic heterocycles. The molecule has 0 aliphatic carbocycles. The van der Waals surface area contributed by atoms with Crippen LogP contribution in [0.15, 0.2) is 85.1 Å². The minimum Gasteiger partial charge on any atom is -0.462 e. The molecule has 67 heavy (non-hydrogen) atoms. The first-order valence-corrected chi connectivity index (χ1v) is 28.1. The van der Waals surface area contributed by atoms with E-state index in [2.05, 4.69) is 99.8 Å². The molecule has 0 saturated heterocycles. The molecular weight excluding hydrogens is 829 g/mol. The maximum absolute atomic E-state index is 12.8. The summed E-state index contributed by atoms with van der Waals surface area (Å²) >= 11 is 0. The minimum atomic E-state index is -0.811. The Labute approximate surface area is 414 Å². The first kappa shape index (κ1) is 63.6. The molecule has 0 spiro atoms. The Balaban J connectivity index is 4.41. The summed E-state index contributed by atoms with van der Waals surface area (Å²) in [5.74, 6) is -0.998. The maximum Gasteiger partial charge on any atom is 0.306 e. The molecule has 1 unspecified atom stereocenters. The molecular formula is C61H104O6. The van der Waals surface area contributed by atoms with Crippen molar-refractivity contribution in [2.24, 2.45) is 0 Å². The molecule has 0 aromatic carbocycles. The number of allylic oxidation sites excluding steroid dienone is 14. The summed E-state index contributed by atoms with van der Waals surface area (Å²) in [6.07, 6.45) is 71.6. The second-order valence-electron chi connectivity index (χ2n) is 18.5. The van der Waals surface area contributed by atoms with Gasteiger partial charge in [-0.1, -0.05) is 228 Å². The van der Waals surface area contributed by atoms with Gasteiger partial charge in [-0.15, -0.1) is 0 Å². The first-order chi connectivity index (χ1) is 33.0. The monoisotopic (exact) mass is 933 g/mol. The highest BCUT2D eigenvalue weighted by atomic mass is 16.6. The van der Waals surface area contributed by atoms with Gasteiger partial charge in [-0.3, -0.25) is 14.4 Å². The third-order valence-electron chi connectivity index (χ3n) is 11.9. The Morgan fingerprint density at radius 2 is 0.612 bits per heavy atom. The summed E-state index contributed by atoms with van der Waals surface area (Å²) < 4.78 is 16.8. The molecule has 0 aliphatic heterocycles. The molecule has 0 rings (SSSR count). The molecule has 0 fully saturated rings. The lowest BCUT2D eigenvalue weighted by Crippen LogP contribution is -2.30. The topological polar surface area (TPSA) is 78.9 Å². The van der Waals surface area contributed by atoms with E-state index in [0.717, 1.165) is 83.5 Å². The third-order valence-corrected chi connectivity index (χ3v) is 11.9. The summed E-state index contributed by atoms with van der Waals surface area (Å²) in [5, 5.41) is 0. The van der Waals surface area contributed by atoms with Crippen LogP contribution in [-0.4, -0.2) is 37.2 Å². The van der Waals surface area contributed by atoms with Crippen molar-refractivity contribution in [2.45, 2.75) is 271 Å². The van der Waals surface area contributed by atoms with Crippen LogP contribution in [0.2, 0.25) is 0 Å². The quantitative estimate of drug-likeness (QED) is 0.0262. The summed E-state index contributed by atoms with van der Waals surface area (Å²) in [7, 11) is 0. The third kappa shape index (κ3) is 53.4. The molecule has 0 radical (unpaired) electrons. The molecule has 384 valence electrons. The Morgan fingerprint density at radius 3 is 1.01 bits per heavy atom. The fourth-order valence-electron chi connectivity index (χ4n) is 7.66. The van der Waals surface area contributed by atoms with E-state index in [4.69, 9.17) is 14.2 Å². The van der Waals surface area contributed by atoms with Crippen LogP contribution in [0.5, 0.6) is 0 Å². The SMILES string of the molecule is CC/C=C\C/C=C\C/C=C\C/C=C\CCC(=O)OCC(COC(=O)CCCCCCCCCCC/C=C\C/C=C\CCCCCCC)OC(=O)CCCCCCC/C=C\CCCCCCCC. The lowest BCUT2D eigenvalue weighted by atomic mass is 10.1. The van der Waals surface area contributed by atoms with E-state index >= 15 is 0 Å². The Morgan fingerprint density at radius 1 is 0.313 bits per heavy atom. The standard InChI is InChI=1S/C61H104O6/c1-4-7-10-13-16-19-22-25-27-28-29-30-31-32-34-36-39-42-45-48-51-54-60(63)66-57-58(56-65-59(62)53-50-47-44-41-38-35-24-21-18-15-12-9-6-3)67-61(64)55-52-49-46-43-40-37-33-26-23-20-17-14-11-8-5-2/h9,12,18,21-22,25-26,28-29,33,35,38,44,47,58H,4-8,10-11,13-17,19-20,23-24,27,30-32,34,36-37,39-43,45-46,48-57H2,1-3H3/b12-9-,21-18-,25-22-,29-28-,33-26-,38-35-,47-44-. The summed E-state index contributed by atoms with van der Waals surface area (Å²) in [6, 6.07) is 0. The van der Waals surface area contributed by atoms with Gasteiger partial charge in [-0.2, -0.15) is 0 Å². The predicted octanol–water partition coefficient (Wildman–Crippen LogP) is 18.8. The molecule has 6 heteroatoms. The van der Waals surface area contributed by atoms with Gasteiger partial charge in [-0.25, -0.2) is 0 Å². The van der Waals surface area contributed by atoms with E-state index in [1.54, 1.807) is 0 Å². The van der Waals surface area contributed by atoms with E-state index in [9.17, 15) is 14.4 Å². The van der Waals surface area contributed by atoms with Gasteiger partial charge < -0.3 is 14.2 Å². The number of hydrogen-bond donors (Lipinski definition) is 0. The van der Waals surface area contributed by atoms with Gasteiger partial charge in [0.1, 0.15) is 13.2 Å². The zero-order valence-electron chi connectivity index (χ0n) is 43.9. The zero-order chi connectivity index (χ0) is 48.6. The van der Waals surface area contributed by atoms with Crippen LogP contribution in [0.25, 0.3) is 0 Å². The number of unbranched alkanes of at least 4 members (excludes halogenated alkanes) is 25. The minimum absolute atomic E-state index is 0.104. The molecule has 0 heterocycles. The van der Waals surface area contributed by atoms with Crippen LogP contribution in [0.3, 0.4) is 0 Å². The zero-order valence-corrected chi connectivity index (χ0v) is 43.9. The van der Waals surface area contributed by atoms with Crippen LogP contribution < -0.4 is 0 Å². The highest BCUT2D eigenvalue weighted by Gasteiger charge is 2.19. The van der Waals surface area contributed by atoms with Crippen LogP contribution in [0, 0.1) is 0 Å². The van der Waals surface area contributed by atoms with Gasteiger partial charge in [0.2, 0.25) is 0 Å². The lowest BCUT2D eigenvalue weighted by molar-refractivity contribution is -0.166. The molecule has 6 nitrogen and oxygen atoms in total. The van der Waals surface area contributed by atoms with Crippen molar-refractivity contribution in [2.75, 3.05) is 13.2 Å². The fourth-order valence-corrected chi connectivity index (χ4v) is 7.66. The van der Waals surface area contributed by atoms with E-state index in [1.165, 1.54) is 135 Å². The van der Waals surface area contributed by atoms with Crippen molar-refractivity contribution >= 4 is 17.9 Å². The van der Waals surface area contributed by atoms with Gasteiger partial charge in [0.15, 0.2) is 6.10 Å².